The summed E-state index contributed by atoms with van der Waals surface area (Å²) in [6.45, 7) is 0. The number of halogens is 1. The first-order valence-electron chi connectivity index (χ1n) is 4.56. The lowest BCUT2D eigenvalue weighted by Gasteiger charge is -2.04. The second-order valence-electron chi connectivity index (χ2n) is 3.08. The molecule has 0 radical (unpaired) electrons. The first-order chi connectivity index (χ1) is 7.15. The summed E-state index contributed by atoms with van der Waals surface area (Å²) in [4.78, 5) is 10.9. The molecule has 0 aliphatic carbocycles. The number of aryl methyl sites for hydroxylation is 1. The van der Waals surface area contributed by atoms with Gasteiger partial charge in [-0.15, -0.1) is 0 Å². The Morgan fingerprint density at radius 2 is 2.07 bits per heavy atom. The molecule has 1 rings (SSSR count). The van der Waals surface area contributed by atoms with Crippen LogP contribution >= 0.6 is 0 Å². The van der Waals surface area contributed by atoms with Gasteiger partial charge in [0.25, 0.3) is 0 Å². The van der Waals surface area contributed by atoms with Crippen molar-refractivity contribution in [2.75, 3.05) is 14.2 Å². The number of benzene rings is 1. The van der Waals surface area contributed by atoms with E-state index in [0.29, 0.717) is 12.2 Å². The van der Waals surface area contributed by atoms with E-state index >= 15 is 0 Å². The zero-order valence-electron chi connectivity index (χ0n) is 8.75. The van der Waals surface area contributed by atoms with Gasteiger partial charge in [-0.05, 0) is 24.1 Å². The Labute approximate surface area is 87.8 Å². The molecule has 0 amide bonds. The smallest absolute Gasteiger partial charge is 0.305 e. The lowest BCUT2D eigenvalue weighted by Crippen LogP contribution is -2.02. The van der Waals surface area contributed by atoms with Crippen LogP contribution in [0, 0.1) is 5.82 Å². The van der Waals surface area contributed by atoms with Crippen LogP contribution in [-0.2, 0) is 16.0 Å². The van der Waals surface area contributed by atoms with Gasteiger partial charge in [-0.3, -0.25) is 4.79 Å². The summed E-state index contributed by atoms with van der Waals surface area (Å²) >= 11 is 0. The van der Waals surface area contributed by atoms with Crippen molar-refractivity contribution in [1.29, 1.82) is 0 Å². The van der Waals surface area contributed by atoms with E-state index in [9.17, 15) is 9.18 Å². The van der Waals surface area contributed by atoms with Gasteiger partial charge in [0.05, 0.1) is 14.2 Å². The Kier molecular flexibility index (Phi) is 4.09. The fraction of sp³-hybridized carbons (Fsp3) is 0.364. The fourth-order valence-electron chi connectivity index (χ4n) is 1.23. The molecule has 0 saturated carbocycles. The van der Waals surface area contributed by atoms with Crippen LogP contribution in [0.1, 0.15) is 12.0 Å². The lowest BCUT2D eigenvalue weighted by molar-refractivity contribution is -0.140. The molecule has 1 aromatic carbocycles. The zero-order valence-corrected chi connectivity index (χ0v) is 8.75. The number of esters is 1. The topological polar surface area (TPSA) is 35.5 Å². The Morgan fingerprint density at radius 3 is 2.67 bits per heavy atom. The van der Waals surface area contributed by atoms with Crippen LogP contribution in [0.3, 0.4) is 0 Å². The molecule has 0 spiro atoms. The molecule has 0 unspecified atom stereocenters. The molecular formula is C11H13FO3. The van der Waals surface area contributed by atoms with Crippen LogP contribution in [0.25, 0.3) is 0 Å². The summed E-state index contributed by atoms with van der Waals surface area (Å²) in [6.07, 6.45) is 0.684. The number of hydrogen-bond donors (Lipinski definition) is 0. The summed E-state index contributed by atoms with van der Waals surface area (Å²) in [5, 5.41) is 0. The fourth-order valence-corrected chi connectivity index (χ4v) is 1.23. The SMILES string of the molecule is COC(=O)CCc1cc(F)cc(OC)c1. The van der Waals surface area contributed by atoms with Crippen molar-refractivity contribution in [3.63, 3.8) is 0 Å². The third-order valence-electron chi connectivity index (χ3n) is 2.01. The summed E-state index contributed by atoms with van der Waals surface area (Å²) in [5.74, 6) is -0.220. The first kappa shape index (κ1) is 11.5. The maximum absolute atomic E-state index is 13.0. The molecule has 15 heavy (non-hydrogen) atoms. The van der Waals surface area contributed by atoms with Gasteiger partial charge < -0.3 is 9.47 Å². The molecule has 0 heterocycles. The van der Waals surface area contributed by atoms with E-state index < -0.39 is 0 Å². The first-order valence-corrected chi connectivity index (χ1v) is 4.56. The van der Waals surface area contributed by atoms with Gasteiger partial charge in [0.1, 0.15) is 11.6 Å². The number of hydrogen-bond acceptors (Lipinski definition) is 3. The highest BCUT2D eigenvalue weighted by atomic mass is 19.1. The van der Waals surface area contributed by atoms with Gasteiger partial charge in [0, 0.05) is 12.5 Å². The summed E-state index contributed by atoms with van der Waals surface area (Å²) in [5.41, 5.74) is 0.720. The number of carbonyl (C=O) groups excluding carboxylic acids is 1. The summed E-state index contributed by atoms with van der Waals surface area (Å²) < 4.78 is 22.4. The summed E-state index contributed by atoms with van der Waals surface area (Å²) in [7, 11) is 2.80. The predicted molar refractivity (Wildman–Crippen MR) is 53.3 cm³/mol. The standard InChI is InChI=1S/C11H13FO3/c1-14-10-6-8(5-9(12)7-10)3-4-11(13)15-2/h5-7H,3-4H2,1-2H3. The molecule has 0 saturated heterocycles. The Bertz CT molecular complexity index is 350. The van der Waals surface area contributed by atoms with Crippen molar-refractivity contribution in [2.24, 2.45) is 0 Å². The molecule has 0 aliphatic heterocycles. The van der Waals surface area contributed by atoms with E-state index in [2.05, 4.69) is 4.74 Å². The highest BCUT2D eigenvalue weighted by molar-refractivity contribution is 5.69. The van der Waals surface area contributed by atoms with Crippen molar-refractivity contribution in [3.05, 3.63) is 29.6 Å². The van der Waals surface area contributed by atoms with E-state index in [1.165, 1.54) is 26.4 Å². The monoisotopic (exact) mass is 212 g/mol. The molecule has 1 aromatic rings. The minimum atomic E-state index is -0.366. The molecule has 3 nitrogen and oxygen atoms in total. The van der Waals surface area contributed by atoms with E-state index in [1.807, 2.05) is 0 Å². The minimum Gasteiger partial charge on any atom is -0.497 e. The van der Waals surface area contributed by atoms with Crippen LogP contribution in [-0.4, -0.2) is 20.2 Å². The molecule has 0 N–H and O–H groups in total. The van der Waals surface area contributed by atoms with E-state index in [-0.39, 0.29) is 18.2 Å². The Morgan fingerprint density at radius 1 is 1.33 bits per heavy atom. The van der Waals surface area contributed by atoms with Crippen molar-refractivity contribution < 1.29 is 18.7 Å². The van der Waals surface area contributed by atoms with Crippen molar-refractivity contribution in [3.8, 4) is 5.75 Å². The van der Waals surface area contributed by atoms with E-state index in [0.717, 1.165) is 5.56 Å². The second kappa shape index (κ2) is 5.34. The normalized spacial score (nSPS) is 9.80. The van der Waals surface area contributed by atoms with Gasteiger partial charge >= 0.3 is 5.97 Å². The van der Waals surface area contributed by atoms with Crippen LogP contribution in [0.2, 0.25) is 0 Å². The number of rotatable bonds is 4. The average molecular weight is 212 g/mol. The third kappa shape index (κ3) is 3.58. The molecule has 0 atom stereocenters. The molecule has 4 heteroatoms. The van der Waals surface area contributed by atoms with Gasteiger partial charge in [0.2, 0.25) is 0 Å². The molecule has 0 bridgehead atoms. The quantitative estimate of drug-likeness (QED) is 0.715. The van der Waals surface area contributed by atoms with E-state index in [4.69, 9.17) is 4.74 Å². The second-order valence-corrected chi connectivity index (χ2v) is 3.08. The molecule has 82 valence electrons. The Balaban J connectivity index is 2.68. The largest absolute Gasteiger partial charge is 0.497 e. The molecule has 0 fully saturated rings. The van der Waals surface area contributed by atoms with Gasteiger partial charge in [-0.2, -0.15) is 0 Å². The van der Waals surface area contributed by atoms with Crippen LogP contribution in [0.15, 0.2) is 18.2 Å². The number of ether oxygens (including phenoxy) is 2. The zero-order chi connectivity index (χ0) is 11.3. The van der Waals surface area contributed by atoms with Gasteiger partial charge in [0.15, 0.2) is 0 Å². The average Bonchev–Trinajstić information content (AvgIpc) is 2.25. The molecule has 0 aromatic heterocycles. The number of methoxy groups -OCH3 is 2. The van der Waals surface area contributed by atoms with Crippen LogP contribution < -0.4 is 4.74 Å². The van der Waals surface area contributed by atoms with Crippen molar-refractivity contribution in [1.82, 2.24) is 0 Å². The van der Waals surface area contributed by atoms with Crippen LogP contribution in [0.5, 0.6) is 5.75 Å². The van der Waals surface area contributed by atoms with Crippen molar-refractivity contribution >= 4 is 5.97 Å². The maximum Gasteiger partial charge on any atom is 0.305 e. The maximum atomic E-state index is 13.0. The highest BCUT2D eigenvalue weighted by Gasteiger charge is 2.04. The molecular weight excluding hydrogens is 199 g/mol. The van der Waals surface area contributed by atoms with Crippen molar-refractivity contribution in [2.45, 2.75) is 12.8 Å². The minimum absolute atomic E-state index is 0.239. The number of carbonyl (C=O) groups is 1. The summed E-state index contributed by atoms with van der Waals surface area (Å²) in [6, 6.07) is 4.37. The van der Waals surface area contributed by atoms with Gasteiger partial charge in [-0.1, -0.05) is 0 Å². The predicted octanol–water partition coefficient (Wildman–Crippen LogP) is 1.94. The van der Waals surface area contributed by atoms with Crippen LogP contribution in [0.4, 0.5) is 4.39 Å². The highest BCUT2D eigenvalue weighted by Crippen LogP contribution is 2.17. The Hall–Kier alpha value is -1.58. The lowest BCUT2D eigenvalue weighted by atomic mass is 10.1. The third-order valence-corrected chi connectivity index (χ3v) is 2.01. The van der Waals surface area contributed by atoms with Gasteiger partial charge in [-0.25, -0.2) is 4.39 Å². The van der Waals surface area contributed by atoms with E-state index in [1.54, 1.807) is 6.07 Å². The molecule has 0 aliphatic rings.